The molecule has 0 spiro atoms. The molecule has 3 rings (SSSR count). The number of imidazole rings is 1. The lowest BCUT2D eigenvalue weighted by Crippen LogP contribution is -2.33. The topological polar surface area (TPSA) is 38.5 Å². The Balaban J connectivity index is 2.61. The molecule has 0 aliphatic rings. The van der Waals surface area contributed by atoms with Gasteiger partial charge in [-0.05, 0) is 25.0 Å². The highest BCUT2D eigenvalue weighted by atomic mass is 16.4. The van der Waals surface area contributed by atoms with Crippen LogP contribution in [0.5, 0.6) is 0 Å². The summed E-state index contributed by atoms with van der Waals surface area (Å²) in [6.07, 6.45) is 2.84. The number of benzene rings is 1. The molecule has 0 radical (unpaired) electrons. The third-order valence-electron chi connectivity index (χ3n) is 4.20. The molecule has 0 atom stereocenters. The van der Waals surface area contributed by atoms with Gasteiger partial charge >= 0.3 is 11.4 Å². The summed E-state index contributed by atoms with van der Waals surface area (Å²) >= 11 is 0. The number of hydrogen-bond acceptors (Lipinski definition) is 2. The summed E-state index contributed by atoms with van der Waals surface area (Å²) in [5.41, 5.74) is 5.02. The van der Waals surface area contributed by atoms with E-state index in [-0.39, 0.29) is 5.76 Å². The molecular formula is C17H21N2O2+. The zero-order valence-electron chi connectivity index (χ0n) is 13.1. The van der Waals surface area contributed by atoms with Gasteiger partial charge in [0.05, 0.1) is 7.05 Å². The van der Waals surface area contributed by atoms with Gasteiger partial charge in [-0.2, -0.15) is 4.79 Å². The number of nitrogens with zero attached hydrogens (tertiary/aromatic N) is 2. The monoisotopic (exact) mass is 285 g/mol. The van der Waals surface area contributed by atoms with E-state index in [4.69, 9.17) is 4.42 Å². The molecule has 2 aromatic heterocycles. The van der Waals surface area contributed by atoms with Gasteiger partial charge in [0, 0.05) is 12.8 Å². The predicted molar refractivity (Wildman–Crippen MR) is 82.7 cm³/mol. The minimum absolute atomic E-state index is 0.294. The van der Waals surface area contributed by atoms with Crippen LogP contribution in [0.3, 0.4) is 0 Å². The van der Waals surface area contributed by atoms with Crippen LogP contribution in [0.25, 0.3) is 16.6 Å². The Morgan fingerprint density at radius 3 is 2.71 bits per heavy atom. The first-order valence-electron chi connectivity index (χ1n) is 7.54. The zero-order valence-corrected chi connectivity index (χ0v) is 13.1. The molecule has 0 unspecified atom stereocenters. The molecule has 4 heteroatoms. The first-order valence-corrected chi connectivity index (χ1v) is 7.54. The van der Waals surface area contributed by atoms with Crippen LogP contribution in [-0.2, 0) is 19.9 Å². The van der Waals surface area contributed by atoms with E-state index in [0.29, 0.717) is 5.58 Å². The first kappa shape index (κ1) is 13.9. The van der Waals surface area contributed by atoms with Crippen molar-refractivity contribution in [2.75, 3.05) is 0 Å². The Morgan fingerprint density at radius 1 is 1.29 bits per heavy atom. The smallest absolute Gasteiger partial charge is 0.391 e. The molecule has 21 heavy (non-hydrogen) atoms. The van der Waals surface area contributed by atoms with Crippen LogP contribution in [0.2, 0.25) is 0 Å². The zero-order chi connectivity index (χ0) is 15.1. The van der Waals surface area contributed by atoms with Crippen LogP contribution >= 0.6 is 0 Å². The number of hydrogen-bond donors (Lipinski definition) is 0. The average molecular weight is 285 g/mol. The highest BCUT2D eigenvalue weighted by Gasteiger charge is 2.27. The molecule has 4 nitrogen and oxygen atoms in total. The minimum atomic E-state index is -0.294. The van der Waals surface area contributed by atoms with Crippen LogP contribution in [0.15, 0.2) is 27.4 Å². The molecule has 3 aromatic rings. The van der Waals surface area contributed by atoms with Crippen molar-refractivity contribution >= 4 is 16.6 Å². The molecule has 2 heterocycles. The van der Waals surface area contributed by atoms with E-state index in [2.05, 4.69) is 31.4 Å². The van der Waals surface area contributed by atoms with Crippen LogP contribution < -0.4 is 10.3 Å². The van der Waals surface area contributed by atoms with Crippen molar-refractivity contribution in [1.82, 2.24) is 4.40 Å². The van der Waals surface area contributed by atoms with E-state index in [1.54, 1.807) is 4.40 Å². The van der Waals surface area contributed by atoms with E-state index < -0.39 is 0 Å². The molecule has 0 aliphatic carbocycles. The van der Waals surface area contributed by atoms with Gasteiger partial charge in [0.25, 0.3) is 0 Å². The lowest BCUT2D eigenvalue weighted by atomic mass is 10.1. The standard InChI is InChI=1S/C17H21N2O2/c1-5-8-13-12(6-2)19-16(18(13)4)15-11(3)9-7-10-14(15)21-17(19)20/h7,9-10H,5-6,8H2,1-4H3/q+1. The molecule has 0 N–H and O–H groups in total. The number of fused-ring (bicyclic) bond motifs is 3. The second kappa shape index (κ2) is 5.02. The molecule has 1 aromatic carbocycles. The van der Waals surface area contributed by atoms with Gasteiger partial charge in [-0.15, -0.1) is 4.40 Å². The molecular weight excluding hydrogens is 264 g/mol. The molecule has 0 saturated heterocycles. The van der Waals surface area contributed by atoms with E-state index in [9.17, 15) is 4.79 Å². The largest absolute Gasteiger partial charge is 0.517 e. The molecule has 110 valence electrons. The van der Waals surface area contributed by atoms with Gasteiger partial charge in [0.15, 0.2) is 11.3 Å². The number of aryl methyl sites for hydroxylation is 3. The van der Waals surface area contributed by atoms with Crippen molar-refractivity contribution in [1.29, 1.82) is 0 Å². The third kappa shape index (κ3) is 1.89. The highest BCUT2D eigenvalue weighted by molar-refractivity contribution is 5.91. The normalized spacial score (nSPS) is 11.6. The van der Waals surface area contributed by atoms with Crippen molar-refractivity contribution in [3.63, 3.8) is 0 Å². The van der Waals surface area contributed by atoms with E-state index in [1.807, 2.05) is 19.2 Å². The Morgan fingerprint density at radius 2 is 2.05 bits per heavy atom. The maximum atomic E-state index is 12.4. The summed E-state index contributed by atoms with van der Waals surface area (Å²) in [6.45, 7) is 6.30. The summed E-state index contributed by atoms with van der Waals surface area (Å²) in [6, 6.07) is 5.84. The average Bonchev–Trinajstić information content (AvgIpc) is 2.73. The van der Waals surface area contributed by atoms with Crippen molar-refractivity contribution in [3.8, 4) is 0 Å². The second-order valence-electron chi connectivity index (χ2n) is 5.53. The summed E-state index contributed by atoms with van der Waals surface area (Å²) in [7, 11) is 2.05. The lowest BCUT2D eigenvalue weighted by Gasteiger charge is -2.00. The molecule has 0 fully saturated rings. The minimum Gasteiger partial charge on any atom is -0.391 e. The third-order valence-corrected chi connectivity index (χ3v) is 4.20. The Kier molecular flexibility index (Phi) is 3.32. The summed E-state index contributed by atoms with van der Waals surface area (Å²) in [5.74, 6) is -0.294. The summed E-state index contributed by atoms with van der Waals surface area (Å²) < 4.78 is 9.45. The first-order chi connectivity index (χ1) is 10.1. The highest BCUT2D eigenvalue weighted by Crippen LogP contribution is 2.23. The predicted octanol–water partition coefficient (Wildman–Crippen LogP) is 2.69. The molecule has 0 amide bonds. The molecule has 0 aliphatic heterocycles. The van der Waals surface area contributed by atoms with Crippen molar-refractivity contribution < 1.29 is 8.98 Å². The van der Waals surface area contributed by atoms with Gasteiger partial charge < -0.3 is 4.42 Å². The fourth-order valence-corrected chi connectivity index (χ4v) is 3.27. The maximum absolute atomic E-state index is 12.4. The maximum Gasteiger partial charge on any atom is 0.517 e. The van der Waals surface area contributed by atoms with Crippen LogP contribution in [0.1, 0.15) is 37.2 Å². The van der Waals surface area contributed by atoms with Crippen molar-refractivity contribution in [2.45, 2.75) is 40.0 Å². The van der Waals surface area contributed by atoms with Gasteiger partial charge in [0.1, 0.15) is 11.1 Å². The SMILES string of the molecule is CCCc1c(CC)n2c(=O)oc3cccc(C)c3c2[n+]1C. The second-order valence-corrected chi connectivity index (χ2v) is 5.53. The number of rotatable bonds is 3. The molecule has 0 saturated carbocycles. The Hall–Kier alpha value is -2.10. The van der Waals surface area contributed by atoms with Crippen LogP contribution in [-0.4, -0.2) is 4.40 Å². The van der Waals surface area contributed by atoms with Gasteiger partial charge in [0.2, 0.25) is 0 Å². The fourth-order valence-electron chi connectivity index (χ4n) is 3.27. The quantitative estimate of drug-likeness (QED) is 0.694. The van der Waals surface area contributed by atoms with E-state index >= 15 is 0 Å². The summed E-state index contributed by atoms with van der Waals surface area (Å²) in [5, 5.41) is 1.02. The Labute approximate surface area is 123 Å². The van der Waals surface area contributed by atoms with Gasteiger partial charge in [-0.1, -0.05) is 26.0 Å². The Bertz CT molecular complexity index is 887. The lowest BCUT2D eigenvalue weighted by molar-refractivity contribution is -0.651. The fraction of sp³-hybridized carbons (Fsp3) is 0.412. The van der Waals surface area contributed by atoms with E-state index in [0.717, 1.165) is 41.6 Å². The van der Waals surface area contributed by atoms with Gasteiger partial charge in [-0.25, -0.2) is 4.57 Å². The van der Waals surface area contributed by atoms with Crippen molar-refractivity contribution in [2.24, 2.45) is 7.05 Å². The summed E-state index contributed by atoms with van der Waals surface area (Å²) in [4.78, 5) is 12.4. The number of aromatic nitrogens is 2. The van der Waals surface area contributed by atoms with E-state index in [1.165, 1.54) is 5.69 Å². The van der Waals surface area contributed by atoms with Crippen molar-refractivity contribution in [3.05, 3.63) is 45.7 Å². The van der Waals surface area contributed by atoms with Gasteiger partial charge in [-0.3, -0.25) is 0 Å². The van der Waals surface area contributed by atoms with Crippen LogP contribution in [0.4, 0.5) is 0 Å². The van der Waals surface area contributed by atoms with Crippen LogP contribution in [0, 0.1) is 6.92 Å². The molecule has 0 bridgehead atoms.